The summed E-state index contributed by atoms with van der Waals surface area (Å²) in [7, 11) is -4.53. The van der Waals surface area contributed by atoms with Gasteiger partial charge >= 0.3 is 6.18 Å². The molecular formula is C17H8BrCl2F3N6O3S. The zero-order chi connectivity index (χ0) is 24.0. The van der Waals surface area contributed by atoms with Crippen molar-refractivity contribution >= 4 is 54.8 Å². The standard InChI is InChI=1S/C17H8BrCl2F3N6O3S/c18-16-26-25-15(29(16)13-3-4-32-27-13)14-12(5-8(19)7-24-14)28-33(30,31)9-1-2-11(20)10(6-9)17(21,22)23/h1-7,28H. The maximum absolute atomic E-state index is 13.2. The number of anilines is 1. The van der Waals surface area contributed by atoms with Crippen LogP contribution in [0.25, 0.3) is 17.3 Å². The van der Waals surface area contributed by atoms with E-state index in [1.807, 2.05) is 0 Å². The van der Waals surface area contributed by atoms with E-state index in [1.165, 1.54) is 29.2 Å². The molecule has 1 N–H and O–H groups in total. The summed E-state index contributed by atoms with van der Waals surface area (Å²) >= 11 is 14.8. The number of hydrogen-bond acceptors (Lipinski definition) is 7. The Kier molecular flexibility index (Phi) is 6.11. The number of alkyl halides is 3. The van der Waals surface area contributed by atoms with Crippen LogP contribution in [0.4, 0.5) is 18.9 Å². The third-order valence-electron chi connectivity index (χ3n) is 4.14. The molecule has 33 heavy (non-hydrogen) atoms. The summed E-state index contributed by atoms with van der Waals surface area (Å²) < 4.78 is 74.0. The molecular weight excluding hydrogens is 576 g/mol. The molecule has 0 atom stereocenters. The Morgan fingerprint density at radius 2 is 1.88 bits per heavy atom. The molecule has 0 aliphatic rings. The largest absolute Gasteiger partial charge is 0.417 e. The smallest absolute Gasteiger partial charge is 0.363 e. The molecule has 0 spiro atoms. The average molecular weight is 584 g/mol. The topological polar surface area (TPSA) is 116 Å². The number of rotatable bonds is 5. The van der Waals surface area contributed by atoms with E-state index in [2.05, 4.69) is 41.0 Å². The van der Waals surface area contributed by atoms with Crippen molar-refractivity contribution in [3.05, 3.63) is 63.1 Å². The molecule has 16 heteroatoms. The van der Waals surface area contributed by atoms with Crippen LogP contribution >= 0.6 is 39.1 Å². The maximum atomic E-state index is 13.2. The predicted octanol–water partition coefficient (Wildman–Crippen LogP) is 5.21. The Balaban J connectivity index is 1.81. The molecule has 0 aliphatic carbocycles. The quantitative estimate of drug-likeness (QED) is 0.343. The first-order valence-electron chi connectivity index (χ1n) is 8.54. The van der Waals surface area contributed by atoms with E-state index < -0.39 is 31.7 Å². The lowest BCUT2D eigenvalue weighted by molar-refractivity contribution is -0.137. The molecule has 0 saturated heterocycles. The van der Waals surface area contributed by atoms with Crippen LogP contribution in [0.5, 0.6) is 0 Å². The van der Waals surface area contributed by atoms with Gasteiger partial charge in [-0.3, -0.25) is 4.72 Å². The van der Waals surface area contributed by atoms with E-state index in [4.69, 9.17) is 27.7 Å². The van der Waals surface area contributed by atoms with Gasteiger partial charge in [-0.15, -0.1) is 10.2 Å². The second-order valence-corrected chi connectivity index (χ2v) is 9.52. The highest BCUT2D eigenvalue weighted by atomic mass is 79.9. The molecule has 9 nitrogen and oxygen atoms in total. The van der Waals surface area contributed by atoms with Crippen molar-refractivity contribution in [2.45, 2.75) is 11.1 Å². The van der Waals surface area contributed by atoms with E-state index in [-0.39, 0.29) is 32.8 Å². The van der Waals surface area contributed by atoms with E-state index in [9.17, 15) is 21.6 Å². The van der Waals surface area contributed by atoms with Crippen molar-refractivity contribution in [2.24, 2.45) is 0 Å². The van der Waals surface area contributed by atoms with E-state index in [1.54, 1.807) is 0 Å². The van der Waals surface area contributed by atoms with E-state index in [0.717, 1.165) is 12.1 Å². The lowest BCUT2D eigenvalue weighted by Gasteiger charge is -2.14. The maximum Gasteiger partial charge on any atom is 0.417 e. The van der Waals surface area contributed by atoms with Crippen molar-refractivity contribution in [1.82, 2.24) is 24.9 Å². The number of hydrogen-bond donors (Lipinski definition) is 1. The van der Waals surface area contributed by atoms with Crippen LogP contribution in [-0.2, 0) is 16.2 Å². The van der Waals surface area contributed by atoms with Crippen LogP contribution in [0.1, 0.15) is 5.56 Å². The molecule has 4 rings (SSSR count). The van der Waals surface area contributed by atoms with Gasteiger partial charge in [0.05, 0.1) is 26.2 Å². The normalized spacial score (nSPS) is 12.2. The Morgan fingerprint density at radius 1 is 1.12 bits per heavy atom. The minimum absolute atomic E-state index is 0.0332. The molecule has 0 fully saturated rings. The molecule has 3 aromatic heterocycles. The summed E-state index contributed by atoms with van der Waals surface area (Å²) in [4.78, 5) is 3.44. The average Bonchev–Trinajstić information content (AvgIpc) is 3.36. The van der Waals surface area contributed by atoms with Gasteiger partial charge in [0.2, 0.25) is 4.73 Å². The van der Waals surface area contributed by atoms with Crippen molar-refractivity contribution < 1.29 is 26.1 Å². The highest BCUT2D eigenvalue weighted by Gasteiger charge is 2.35. The lowest BCUT2D eigenvalue weighted by Crippen LogP contribution is -2.16. The summed E-state index contributed by atoms with van der Waals surface area (Å²) in [5.41, 5.74) is -1.50. The summed E-state index contributed by atoms with van der Waals surface area (Å²) in [5, 5.41) is 11.0. The number of pyridine rings is 1. The second-order valence-electron chi connectivity index (χ2n) is 6.28. The second kappa shape index (κ2) is 8.59. The van der Waals surface area contributed by atoms with Gasteiger partial charge < -0.3 is 4.52 Å². The molecule has 4 aromatic rings. The number of nitrogens with one attached hydrogen (secondary N) is 1. The number of aromatic nitrogens is 5. The monoisotopic (exact) mass is 582 g/mol. The molecule has 0 radical (unpaired) electrons. The number of halogens is 6. The summed E-state index contributed by atoms with van der Waals surface area (Å²) in [6, 6.07) is 4.92. The summed E-state index contributed by atoms with van der Waals surface area (Å²) in [5.74, 6) is 0.289. The van der Waals surface area contributed by atoms with Crippen molar-refractivity contribution in [2.75, 3.05) is 4.72 Å². The fourth-order valence-corrected chi connectivity index (χ4v) is 4.63. The predicted molar refractivity (Wildman–Crippen MR) is 115 cm³/mol. The Morgan fingerprint density at radius 3 is 2.55 bits per heavy atom. The van der Waals surface area contributed by atoms with E-state index in [0.29, 0.717) is 6.07 Å². The zero-order valence-electron chi connectivity index (χ0n) is 15.7. The first-order valence-corrected chi connectivity index (χ1v) is 11.6. The number of nitrogens with zero attached hydrogens (tertiary/aromatic N) is 5. The van der Waals surface area contributed by atoms with Crippen LogP contribution in [0, 0.1) is 0 Å². The number of sulfonamides is 1. The van der Waals surface area contributed by atoms with Gasteiger partial charge in [-0.1, -0.05) is 28.4 Å². The molecule has 0 bridgehead atoms. The fraction of sp³-hybridized carbons (Fsp3) is 0.0588. The first-order chi connectivity index (χ1) is 15.5. The van der Waals surface area contributed by atoms with Crippen molar-refractivity contribution in [3.63, 3.8) is 0 Å². The highest BCUT2D eigenvalue weighted by molar-refractivity contribution is 9.10. The third kappa shape index (κ3) is 4.69. The van der Waals surface area contributed by atoms with Gasteiger partial charge in [0.15, 0.2) is 11.6 Å². The van der Waals surface area contributed by atoms with Crippen LogP contribution in [0.3, 0.4) is 0 Å². The highest BCUT2D eigenvalue weighted by Crippen LogP contribution is 2.37. The van der Waals surface area contributed by atoms with Gasteiger partial charge in [-0.05, 0) is 40.2 Å². The minimum Gasteiger partial charge on any atom is -0.363 e. The summed E-state index contributed by atoms with van der Waals surface area (Å²) in [6.07, 6.45) is -2.33. The molecule has 0 aliphatic heterocycles. The third-order valence-corrected chi connectivity index (χ3v) is 6.55. The molecule has 3 heterocycles. The Bertz CT molecular complexity index is 1440. The van der Waals surface area contributed by atoms with Crippen LogP contribution in [0.15, 0.2) is 56.9 Å². The lowest BCUT2D eigenvalue weighted by atomic mass is 10.2. The fourth-order valence-electron chi connectivity index (χ4n) is 2.73. The zero-order valence-corrected chi connectivity index (χ0v) is 19.6. The Labute approximate surface area is 201 Å². The molecule has 0 unspecified atom stereocenters. The minimum atomic E-state index is -4.86. The number of benzene rings is 1. The molecule has 0 amide bonds. The molecule has 172 valence electrons. The Hall–Kier alpha value is -2.68. The summed E-state index contributed by atoms with van der Waals surface area (Å²) in [6.45, 7) is 0. The van der Waals surface area contributed by atoms with Crippen molar-refractivity contribution in [1.29, 1.82) is 0 Å². The first kappa shape index (κ1) is 23.5. The van der Waals surface area contributed by atoms with E-state index >= 15 is 0 Å². The van der Waals surface area contributed by atoms with Crippen LogP contribution in [-0.4, -0.2) is 33.3 Å². The van der Waals surface area contributed by atoms with Gasteiger partial charge in [-0.2, -0.15) is 13.2 Å². The van der Waals surface area contributed by atoms with Crippen LogP contribution < -0.4 is 4.72 Å². The van der Waals surface area contributed by atoms with Crippen molar-refractivity contribution in [3.8, 4) is 17.3 Å². The molecule has 1 aromatic carbocycles. The van der Waals surface area contributed by atoms with Crippen LogP contribution in [0.2, 0.25) is 10.0 Å². The van der Waals surface area contributed by atoms with Gasteiger partial charge in [0.25, 0.3) is 10.0 Å². The van der Waals surface area contributed by atoms with Gasteiger partial charge in [-0.25, -0.2) is 18.0 Å². The SMILES string of the molecule is O=S(=O)(Nc1cc(Cl)cnc1-c1nnc(Br)n1-c1ccon1)c1ccc(Cl)c(C(F)(F)F)c1. The van der Waals surface area contributed by atoms with Gasteiger partial charge in [0, 0.05) is 12.3 Å². The van der Waals surface area contributed by atoms with Gasteiger partial charge in [0.1, 0.15) is 12.0 Å². The molecule has 0 saturated carbocycles.